The molecule has 0 aliphatic heterocycles. The average molecular weight is 321 g/mol. The highest BCUT2D eigenvalue weighted by molar-refractivity contribution is 7.52. The van der Waals surface area contributed by atoms with E-state index in [2.05, 4.69) is 0 Å². The van der Waals surface area contributed by atoms with Crippen molar-refractivity contribution in [1.29, 1.82) is 0 Å². The third kappa shape index (κ3) is 4.07. The fourth-order valence-corrected chi connectivity index (χ4v) is 2.72. The molecule has 0 saturated carbocycles. The predicted molar refractivity (Wildman–Crippen MR) is 72.7 cm³/mol. The van der Waals surface area contributed by atoms with Crippen LogP contribution in [0.2, 0.25) is 0 Å². The summed E-state index contributed by atoms with van der Waals surface area (Å²) < 4.78 is 26.7. The van der Waals surface area contributed by atoms with Crippen molar-refractivity contribution in [3.05, 3.63) is 27.8 Å². The molecule has 1 atom stereocenters. The molecule has 21 heavy (non-hydrogen) atoms. The van der Waals surface area contributed by atoms with E-state index in [1.807, 2.05) is 0 Å². The molecule has 0 bridgehead atoms. The second-order valence-electron chi connectivity index (χ2n) is 4.08. The molecule has 0 unspecified atom stereocenters. The standard InChI is InChI=1S/C11H16NO8P/c1-18-8-4-7(5-9(19-2)11(8)20-3)10(6-12(13)14)21(15,16)17/h4-5,10H,6H2,1-3H3,(H2,15,16,17)/t10-/m0/s1. The number of nitrogens with zero attached hydrogens (tertiary/aromatic N) is 1. The summed E-state index contributed by atoms with van der Waals surface area (Å²) in [5.41, 5.74) is -1.56. The van der Waals surface area contributed by atoms with Gasteiger partial charge >= 0.3 is 7.60 Å². The largest absolute Gasteiger partial charge is 0.493 e. The van der Waals surface area contributed by atoms with E-state index in [0.717, 1.165) is 0 Å². The maximum Gasteiger partial charge on any atom is 0.339 e. The molecule has 2 N–H and O–H groups in total. The minimum atomic E-state index is -4.73. The molecule has 1 aromatic rings. The van der Waals surface area contributed by atoms with Gasteiger partial charge in [0.25, 0.3) is 0 Å². The van der Waals surface area contributed by atoms with Crippen LogP contribution in [0, 0.1) is 10.1 Å². The summed E-state index contributed by atoms with van der Waals surface area (Å²) in [6.45, 7) is -0.914. The van der Waals surface area contributed by atoms with Crippen LogP contribution >= 0.6 is 7.60 Å². The van der Waals surface area contributed by atoms with Crippen LogP contribution in [-0.4, -0.2) is 42.6 Å². The molecule has 0 amide bonds. The van der Waals surface area contributed by atoms with Gasteiger partial charge in [0.05, 0.1) is 21.3 Å². The number of benzene rings is 1. The molecular formula is C11H16NO8P. The quantitative estimate of drug-likeness (QED) is 0.435. The van der Waals surface area contributed by atoms with Crippen LogP contribution in [-0.2, 0) is 4.57 Å². The first-order chi connectivity index (χ1) is 9.74. The van der Waals surface area contributed by atoms with Crippen molar-refractivity contribution in [3.8, 4) is 17.2 Å². The van der Waals surface area contributed by atoms with E-state index in [1.54, 1.807) is 0 Å². The Morgan fingerprint density at radius 1 is 1.19 bits per heavy atom. The molecular weight excluding hydrogens is 305 g/mol. The van der Waals surface area contributed by atoms with Gasteiger partial charge in [0, 0.05) is 4.92 Å². The van der Waals surface area contributed by atoms with Crippen LogP contribution in [0.15, 0.2) is 12.1 Å². The lowest BCUT2D eigenvalue weighted by molar-refractivity contribution is -0.480. The Kier molecular flexibility index (Phi) is 5.54. The van der Waals surface area contributed by atoms with Crippen molar-refractivity contribution in [1.82, 2.24) is 0 Å². The fraction of sp³-hybridized carbons (Fsp3) is 0.455. The lowest BCUT2D eigenvalue weighted by atomic mass is 10.1. The fourth-order valence-electron chi connectivity index (χ4n) is 1.84. The van der Waals surface area contributed by atoms with Gasteiger partial charge in [-0.3, -0.25) is 14.7 Å². The van der Waals surface area contributed by atoms with Crippen LogP contribution in [0.25, 0.3) is 0 Å². The molecule has 0 heterocycles. The summed E-state index contributed by atoms with van der Waals surface area (Å²) in [6, 6.07) is 2.57. The van der Waals surface area contributed by atoms with Crippen LogP contribution in [0.1, 0.15) is 11.2 Å². The van der Waals surface area contributed by atoms with Crippen LogP contribution in [0.5, 0.6) is 17.2 Å². The Morgan fingerprint density at radius 2 is 1.67 bits per heavy atom. The van der Waals surface area contributed by atoms with Gasteiger partial charge in [-0.15, -0.1) is 0 Å². The van der Waals surface area contributed by atoms with Crippen molar-refractivity contribution < 1.29 is 33.5 Å². The molecule has 1 rings (SSSR count). The number of hydrogen-bond acceptors (Lipinski definition) is 6. The molecule has 0 aliphatic carbocycles. The molecule has 0 spiro atoms. The zero-order chi connectivity index (χ0) is 16.2. The second-order valence-corrected chi connectivity index (χ2v) is 5.88. The van der Waals surface area contributed by atoms with E-state index < -0.39 is 24.7 Å². The highest BCUT2D eigenvalue weighted by atomic mass is 31.2. The molecule has 0 saturated heterocycles. The Balaban J connectivity index is 3.45. The average Bonchev–Trinajstić information content (AvgIpc) is 2.41. The van der Waals surface area contributed by atoms with Gasteiger partial charge in [0.2, 0.25) is 12.3 Å². The Bertz CT molecular complexity index is 544. The van der Waals surface area contributed by atoms with Gasteiger partial charge in [-0.2, -0.15) is 0 Å². The topological polar surface area (TPSA) is 128 Å². The highest BCUT2D eigenvalue weighted by Crippen LogP contribution is 2.54. The number of rotatable bonds is 7. The number of nitro groups is 1. The summed E-state index contributed by atoms with van der Waals surface area (Å²) in [7, 11) is -0.688. The van der Waals surface area contributed by atoms with Crippen molar-refractivity contribution in [2.45, 2.75) is 5.66 Å². The third-order valence-electron chi connectivity index (χ3n) is 2.80. The first-order valence-corrected chi connectivity index (χ1v) is 7.39. The van der Waals surface area contributed by atoms with Gasteiger partial charge in [0.15, 0.2) is 17.2 Å². The molecule has 9 nitrogen and oxygen atoms in total. The lowest BCUT2D eigenvalue weighted by Crippen LogP contribution is -2.13. The molecule has 0 fully saturated rings. The van der Waals surface area contributed by atoms with Crippen molar-refractivity contribution in [2.75, 3.05) is 27.9 Å². The third-order valence-corrected chi connectivity index (χ3v) is 4.07. The predicted octanol–water partition coefficient (Wildman–Crippen LogP) is 1.21. The van der Waals surface area contributed by atoms with Gasteiger partial charge < -0.3 is 24.0 Å². The minimum Gasteiger partial charge on any atom is -0.493 e. The molecule has 0 radical (unpaired) electrons. The highest BCUT2D eigenvalue weighted by Gasteiger charge is 2.36. The van der Waals surface area contributed by atoms with E-state index >= 15 is 0 Å². The Morgan fingerprint density at radius 3 is 1.95 bits per heavy atom. The first-order valence-electron chi connectivity index (χ1n) is 5.71. The lowest BCUT2D eigenvalue weighted by Gasteiger charge is -2.19. The smallest absolute Gasteiger partial charge is 0.339 e. The van der Waals surface area contributed by atoms with E-state index in [4.69, 9.17) is 14.2 Å². The summed E-state index contributed by atoms with van der Waals surface area (Å²) in [4.78, 5) is 28.5. The maximum absolute atomic E-state index is 11.5. The van der Waals surface area contributed by atoms with Gasteiger partial charge in [-0.25, -0.2) is 0 Å². The number of hydrogen-bond donors (Lipinski definition) is 2. The van der Waals surface area contributed by atoms with Crippen molar-refractivity contribution in [2.24, 2.45) is 0 Å². The molecule has 10 heteroatoms. The number of methoxy groups -OCH3 is 3. The first kappa shape index (κ1) is 17.2. The van der Waals surface area contributed by atoms with E-state index in [-0.39, 0.29) is 22.8 Å². The zero-order valence-electron chi connectivity index (χ0n) is 11.7. The van der Waals surface area contributed by atoms with Crippen molar-refractivity contribution >= 4 is 7.60 Å². The van der Waals surface area contributed by atoms with Crippen molar-refractivity contribution in [3.63, 3.8) is 0 Å². The Hall–Kier alpha value is -1.83. The molecule has 0 aliphatic rings. The van der Waals surface area contributed by atoms with Gasteiger partial charge in [0.1, 0.15) is 0 Å². The summed E-state index contributed by atoms with van der Waals surface area (Å²) >= 11 is 0. The SMILES string of the molecule is COc1cc([C@H](C[N+](=O)[O-])P(=O)(O)O)cc(OC)c1OC. The summed E-state index contributed by atoms with van der Waals surface area (Å²) in [5.74, 6) is 0.552. The zero-order valence-corrected chi connectivity index (χ0v) is 12.6. The Labute approximate surface area is 120 Å². The minimum absolute atomic E-state index is 0.0366. The van der Waals surface area contributed by atoms with Crippen LogP contribution < -0.4 is 14.2 Å². The van der Waals surface area contributed by atoms with E-state index in [1.165, 1.54) is 33.5 Å². The second kappa shape index (κ2) is 6.75. The van der Waals surface area contributed by atoms with Gasteiger partial charge in [-0.1, -0.05) is 0 Å². The molecule has 0 aromatic heterocycles. The van der Waals surface area contributed by atoms with E-state index in [9.17, 15) is 24.5 Å². The molecule has 1 aromatic carbocycles. The monoisotopic (exact) mass is 321 g/mol. The molecule has 118 valence electrons. The normalized spacial score (nSPS) is 12.6. The number of ether oxygens (including phenoxy) is 3. The van der Waals surface area contributed by atoms with E-state index in [0.29, 0.717) is 0 Å². The summed E-state index contributed by atoms with van der Waals surface area (Å²) in [6.07, 6.45) is 0. The van der Waals surface area contributed by atoms with Crippen LogP contribution in [0.4, 0.5) is 0 Å². The van der Waals surface area contributed by atoms with Gasteiger partial charge in [-0.05, 0) is 17.7 Å². The maximum atomic E-state index is 11.5. The summed E-state index contributed by atoms with van der Waals surface area (Å²) in [5, 5.41) is 10.6. The van der Waals surface area contributed by atoms with Crippen LogP contribution in [0.3, 0.4) is 0 Å².